The average molecular weight is 421 g/mol. The molecular formula is C16H6Cl5NO2. The number of hydrogen-bond acceptors (Lipinski definition) is 2. The Bertz CT molecular complexity index is 923. The summed E-state index contributed by atoms with van der Waals surface area (Å²) in [7, 11) is 0. The lowest BCUT2D eigenvalue weighted by molar-refractivity contribution is -0.119. The van der Waals surface area contributed by atoms with Gasteiger partial charge in [0.25, 0.3) is 11.8 Å². The van der Waals surface area contributed by atoms with Gasteiger partial charge < -0.3 is 0 Å². The standard InChI is InChI=1S/C16H6Cl5NO2/c17-7-4-5-8(10(19)6-7)12-14(21)16(24)22(15(12)23)11-3-1-2-9(18)13(11)20/h1-6H. The van der Waals surface area contributed by atoms with Crippen LogP contribution in [-0.2, 0) is 9.59 Å². The van der Waals surface area contributed by atoms with E-state index in [1.54, 1.807) is 18.2 Å². The zero-order valence-corrected chi connectivity index (χ0v) is 15.4. The van der Waals surface area contributed by atoms with Crippen molar-refractivity contribution in [1.29, 1.82) is 0 Å². The van der Waals surface area contributed by atoms with Crippen LogP contribution in [0.2, 0.25) is 20.1 Å². The quantitative estimate of drug-likeness (QED) is 0.573. The van der Waals surface area contributed by atoms with Gasteiger partial charge in [0.05, 0.1) is 26.3 Å². The van der Waals surface area contributed by atoms with Crippen LogP contribution >= 0.6 is 58.0 Å². The summed E-state index contributed by atoms with van der Waals surface area (Å²) in [6.45, 7) is 0. The summed E-state index contributed by atoms with van der Waals surface area (Å²) in [5, 5.41) is 0.640. The van der Waals surface area contributed by atoms with Gasteiger partial charge in [0.15, 0.2) is 0 Å². The van der Waals surface area contributed by atoms with Crippen molar-refractivity contribution in [3.8, 4) is 0 Å². The van der Waals surface area contributed by atoms with Crippen LogP contribution in [-0.4, -0.2) is 11.8 Å². The Morgan fingerprint density at radius 1 is 0.792 bits per heavy atom. The monoisotopic (exact) mass is 419 g/mol. The largest absolute Gasteiger partial charge is 0.277 e. The minimum Gasteiger partial charge on any atom is -0.268 e. The van der Waals surface area contributed by atoms with Crippen LogP contribution in [0, 0.1) is 0 Å². The lowest BCUT2D eigenvalue weighted by Crippen LogP contribution is -2.31. The molecule has 0 bridgehead atoms. The molecule has 0 saturated carbocycles. The predicted molar refractivity (Wildman–Crippen MR) is 98.2 cm³/mol. The highest BCUT2D eigenvalue weighted by Gasteiger charge is 2.40. The molecule has 3 rings (SSSR count). The van der Waals surface area contributed by atoms with Crippen molar-refractivity contribution >= 4 is 81.1 Å². The summed E-state index contributed by atoms with van der Waals surface area (Å²) in [5.74, 6) is -1.34. The number of hydrogen-bond donors (Lipinski definition) is 0. The number of halogens is 5. The molecule has 1 aliphatic heterocycles. The molecule has 2 amide bonds. The fourth-order valence-corrected chi connectivity index (χ4v) is 3.46. The van der Waals surface area contributed by atoms with Crippen molar-refractivity contribution in [3.63, 3.8) is 0 Å². The maximum Gasteiger partial charge on any atom is 0.277 e. The molecule has 0 aromatic heterocycles. The zero-order valence-electron chi connectivity index (χ0n) is 11.6. The van der Waals surface area contributed by atoms with Gasteiger partial charge in [0, 0.05) is 10.6 Å². The van der Waals surface area contributed by atoms with E-state index in [-0.39, 0.29) is 31.4 Å². The molecule has 0 unspecified atom stereocenters. The predicted octanol–water partition coefficient (Wildman–Crippen LogP) is 5.82. The van der Waals surface area contributed by atoms with E-state index in [0.717, 1.165) is 4.90 Å². The Kier molecular flexibility index (Phi) is 4.82. The van der Waals surface area contributed by atoms with E-state index in [9.17, 15) is 9.59 Å². The first-order chi connectivity index (χ1) is 11.3. The molecule has 0 atom stereocenters. The Balaban J connectivity index is 2.13. The molecule has 3 nitrogen and oxygen atoms in total. The van der Waals surface area contributed by atoms with Crippen LogP contribution in [0.4, 0.5) is 5.69 Å². The minimum absolute atomic E-state index is 0.0145. The van der Waals surface area contributed by atoms with E-state index in [1.807, 2.05) is 0 Å². The van der Waals surface area contributed by atoms with Gasteiger partial charge in [0.1, 0.15) is 5.03 Å². The SMILES string of the molecule is O=C1C(Cl)=C(c2ccc(Cl)cc2Cl)C(=O)N1c1cccc(Cl)c1Cl. The molecule has 0 fully saturated rings. The Hall–Kier alpha value is -1.23. The number of carbonyl (C=O) groups is 2. The van der Waals surface area contributed by atoms with Crippen molar-refractivity contribution in [3.05, 3.63) is 67.1 Å². The second-order valence-corrected chi connectivity index (χ2v) is 6.84. The number of rotatable bonds is 2. The molecule has 1 heterocycles. The molecule has 0 N–H and O–H groups in total. The molecule has 24 heavy (non-hydrogen) atoms. The highest BCUT2D eigenvalue weighted by atomic mass is 35.5. The topological polar surface area (TPSA) is 37.4 Å². The van der Waals surface area contributed by atoms with Crippen LogP contribution < -0.4 is 4.90 Å². The first-order valence-corrected chi connectivity index (χ1v) is 8.40. The number of benzene rings is 2. The summed E-state index contributed by atoms with van der Waals surface area (Å²) < 4.78 is 0. The molecule has 0 aliphatic carbocycles. The van der Waals surface area contributed by atoms with Gasteiger partial charge in [-0.05, 0) is 24.3 Å². The fourth-order valence-electron chi connectivity index (χ4n) is 2.31. The number of anilines is 1. The molecule has 8 heteroatoms. The molecule has 122 valence electrons. The third-order valence-electron chi connectivity index (χ3n) is 3.40. The third kappa shape index (κ3) is 2.81. The maximum absolute atomic E-state index is 12.8. The summed E-state index contributed by atoms with van der Waals surface area (Å²) in [6.07, 6.45) is 0. The van der Waals surface area contributed by atoms with E-state index in [4.69, 9.17) is 58.0 Å². The third-order valence-corrected chi connectivity index (χ3v) is 5.11. The van der Waals surface area contributed by atoms with Gasteiger partial charge in [0.2, 0.25) is 0 Å². The molecule has 0 spiro atoms. The number of nitrogens with zero attached hydrogens (tertiary/aromatic N) is 1. The smallest absolute Gasteiger partial charge is 0.268 e. The van der Waals surface area contributed by atoms with Gasteiger partial charge >= 0.3 is 0 Å². The van der Waals surface area contributed by atoms with Crippen molar-refractivity contribution in [2.45, 2.75) is 0 Å². The number of amides is 2. The highest BCUT2D eigenvalue weighted by molar-refractivity contribution is 6.61. The first-order valence-electron chi connectivity index (χ1n) is 6.51. The molecule has 0 radical (unpaired) electrons. The van der Waals surface area contributed by atoms with Crippen molar-refractivity contribution in [2.24, 2.45) is 0 Å². The summed E-state index contributed by atoms with van der Waals surface area (Å²) in [5.41, 5.74) is 0.446. The molecule has 2 aromatic rings. The van der Waals surface area contributed by atoms with Gasteiger partial charge in [-0.1, -0.05) is 70.1 Å². The summed E-state index contributed by atoms with van der Waals surface area (Å²) in [4.78, 5) is 26.2. The first kappa shape index (κ1) is 17.6. The molecule has 2 aromatic carbocycles. The van der Waals surface area contributed by atoms with Crippen molar-refractivity contribution in [2.75, 3.05) is 4.90 Å². The van der Waals surface area contributed by atoms with Gasteiger partial charge in [-0.3, -0.25) is 9.59 Å². The Morgan fingerprint density at radius 3 is 2.17 bits per heavy atom. The van der Waals surface area contributed by atoms with Gasteiger partial charge in [-0.25, -0.2) is 4.90 Å². The van der Waals surface area contributed by atoms with E-state index in [1.165, 1.54) is 18.2 Å². The number of imide groups is 1. The van der Waals surface area contributed by atoms with E-state index in [2.05, 4.69) is 0 Å². The Labute approximate surface area is 162 Å². The molecule has 1 aliphatic rings. The van der Waals surface area contributed by atoms with E-state index in [0.29, 0.717) is 10.6 Å². The van der Waals surface area contributed by atoms with Crippen molar-refractivity contribution in [1.82, 2.24) is 0 Å². The number of carbonyl (C=O) groups excluding carboxylic acids is 2. The second kappa shape index (κ2) is 6.58. The summed E-state index contributed by atoms with van der Waals surface area (Å²) >= 11 is 30.2. The van der Waals surface area contributed by atoms with Crippen LogP contribution in [0.1, 0.15) is 5.56 Å². The Morgan fingerprint density at radius 2 is 1.50 bits per heavy atom. The van der Waals surface area contributed by atoms with Crippen LogP contribution in [0.5, 0.6) is 0 Å². The minimum atomic E-state index is -0.702. The molecular weight excluding hydrogens is 415 g/mol. The summed E-state index contributed by atoms with van der Waals surface area (Å²) in [6, 6.07) is 9.15. The normalized spacial score (nSPS) is 14.8. The highest BCUT2D eigenvalue weighted by Crippen LogP contribution is 2.41. The lowest BCUT2D eigenvalue weighted by atomic mass is 10.1. The van der Waals surface area contributed by atoms with E-state index < -0.39 is 11.8 Å². The lowest BCUT2D eigenvalue weighted by Gasteiger charge is -2.17. The van der Waals surface area contributed by atoms with Crippen LogP contribution in [0.15, 0.2) is 41.4 Å². The maximum atomic E-state index is 12.8. The van der Waals surface area contributed by atoms with Crippen LogP contribution in [0.3, 0.4) is 0 Å². The van der Waals surface area contributed by atoms with Gasteiger partial charge in [-0.15, -0.1) is 0 Å². The van der Waals surface area contributed by atoms with Crippen LogP contribution in [0.25, 0.3) is 5.57 Å². The van der Waals surface area contributed by atoms with Crippen molar-refractivity contribution < 1.29 is 9.59 Å². The van der Waals surface area contributed by atoms with Gasteiger partial charge in [-0.2, -0.15) is 0 Å². The fraction of sp³-hybridized carbons (Fsp3) is 0. The second-order valence-electron chi connectivity index (χ2n) is 4.83. The molecule has 0 saturated heterocycles. The zero-order chi connectivity index (χ0) is 17.6. The average Bonchev–Trinajstić information content (AvgIpc) is 2.74. The van der Waals surface area contributed by atoms with E-state index >= 15 is 0 Å².